The van der Waals surface area contributed by atoms with Crippen LogP contribution < -0.4 is 0 Å². The first-order valence-corrected chi connectivity index (χ1v) is 9.67. The quantitative estimate of drug-likeness (QED) is 0.655. The van der Waals surface area contributed by atoms with E-state index in [1.165, 1.54) is 0 Å². The van der Waals surface area contributed by atoms with E-state index >= 15 is 0 Å². The third kappa shape index (κ3) is 6.24. The summed E-state index contributed by atoms with van der Waals surface area (Å²) in [5.41, 5.74) is 2.23. The monoisotopic (exact) mass is 366 g/mol. The lowest BCUT2D eigenvalue weighted by Crippen LogP contribution is -2.30. The Morgan fingerprint density at radius 1 is 0.704 bits per heavy atom. The molecule has 0 aromatic heterocycles. The van der Waals surface area contributed by atoms with Crippen LogP contribution in [0.1, 0.15) is 43.2 Å². The van der Waals surface area contributed by atoms with E-state index in [0.29, 0.717) is 25.7 Å². The summed E-state index contributed by atoms with van der Waals surface area (Å²) in [5.74, 6) is -0.452. The molecule has 2 atom stereocenters. The summed E-state index contributed by atoms with van der Waals surface area (Å²) < 4.78 is 11.2. The zero-order chi connectivity index (χ0) is 18.9. The van der Waals surface area contributed by atoms with Crippen molar-refractivity contribution in [3.05, 3.63) is 71.8 Å². The number of hydrogen-bond donors (Lipinski definition) is 0. The molecule has 0 unspecified atom stereocenters. The van der Waals surface area contributed by atoms with E-state index < -0.39 is 0 Å². The first-order chi connectivity index (χ1) is 13.2. The van der Waals surface area contributed by atoms with Crippen molar-refractivity contribution >= 4 is 11.9 Å². The van der Waals surface area contributed by atoms with Crippen LogP contribution in [0.15, 0.2) is 60.7 Å². The average Bonchev–Trinajstić information content (AvgIpc) is 3.13. The fourth-order valence-electron chi connectivity index (χ4n) is 3.40. The first-order valence-electron chi connectivity index (χ1n) is 9.67. The molecule has 2 aromatic rings. The molecule has 0 radical (unpaired) electrons. The standard InChI is InChI=1S/C23H26O4/c24-22(16-14-18-8-3-1-4-9-18)26-20-12-7-13-21(20)27-23(25)17-15-19-10-5-2-6-11-19/h1-6,8-11,20-21H,7,12-17H2/t20-,21+. The van der Waals surface area contributed by atoms with Gasteiger partial charge in [0.05, 0.1) is 0 Å². The van der Waals surface area contributed by atoms with Crippen LogP contribution >= 0.6 is 0 Å². The molecule has 3 rings (SSSR count). The van der Waals surface area contributed by atoms with E-state index in [1.807, 2.05) is 60.7 Å². The van der Waals surface area contributed by atoms with Gasteiger partial charge < -0.3 is 9.47 Å². The summed E-state index contributed by atoms with van der Waals surface area (Å²) in [6, 6.07) is 19.8. The van der Waals surface area contributed by atoms with Crippen LogP contribution in [0, 0.1) is 0 Å². The van der Waals surface area contributed by atoms with Gasteiger partial charge in [0, 0.05) is 12.8 Å². The maximum atomic E-state index is 12.2. The minimum Gasteiger partial charge on any atom is -0.458 e. The topological polar surface area (TPSA) is 52.6 Å². The molecule has 2 aromatic carbocycles. The second kappa shape index (κ2) is 9.91. The van der Waals surface area contributed by atoms with Gasteiger partial charge in [-0.05, 0) is 43.2 Å². The Labute approximate surface area is 160 Å². The van der Waals surface area contributed by atoms with E-state index in [4.69, 9.17) is 9.47 Å². The van der Waals surface area contributed by atoms with Crippen LogP contribution in [0.25, 0.3) is 0 Å². The fraction of sp³-hybridized carbons (Fsp3) is 0.391. The SMILES string of the molecule is O=C(CCc1ccccc1)O[C@H]1CCC[C@H]1OC(=O)CCc1ccccc1. The second-order valence-corrected chi connectivity index (χ2v) is 6.96. The highest BCUT2D eigenvalue weighted by Crippen LogP contribution is 2.26. The van der Waals surface area contributed by atoms with Gasteiger partial charge in [-0.1, -0.05) is 60.7 Å². The second-order valence-electron chi connectivity index (χ2n) is 6.96. The lowest BCUT2D eigenvalue weighted by Gasteiger charge is -2.20. The summed E-state index contributed by atoms with van der Waals surface area (Å²) >= 11 is 0. The molecule has 1 aliphatic rings. The highest BCUT2D eigenvalue weighted by molar-refractivity contribution is 5.71. The Morgan fingerprint density at radius 3 is 1.52 bits per heavy atom. The summed E-state index contributed by atoms with van der Waals surface area (Å²) in [4.78, 5) is 24.3. The molecule has 0 amide bonds. The zero-order valence-electron chi connectivity index (χ0n) is 15.5. The number of rotatable bonds is 8. The Bertz CT molecular complexity index is 663. The Morgan fingerprint density at radius 2 is 1.11 bits per heavy atom. The largest absolute Gasteiger partial charge is 0.458 e. The molecule has 0 spiro atoms. The van der Waals surface area contributed by atoms with Crippen LogP contribution in [-0.4, -0.2) is 24.1 Å². The molecule has 4 nitrogen and oxygen atoms in total. The molecular weight excluding hydrogens is 340 g/mol. The van der Waals surface area contributed by atoms with E-state index in [9.17, 15) is 9.59 Å². The highest BCUT2D eigenvalue weighted by Gasteiger charge is 2.33. The van der Waals surface area contributed by atoms with Gasteiger partial charge in [0.15, 0.2) is 0 Å². The van der Waals surface area contributed by atoms with Crippen LogP contribution in [0.5, 0.6) is 0 Å². The predicted molar refractivity (Wildman–Crippen MR) is 103 cm³/mol. The fourth-order valence-corrected chi connectivity index (χ4v) is 3.40. The minimum absolute atomic E-state index is 0.226. The molecule has 0 N–H and O–H groups in total. The van der Waals surface area contributed by atoms with E-state index in [1.54, 1.807) is 0 Å². The van der Waals surface area contributed by atoms with Gasteiger partial charge in [0.25, 0.3) is 0 Å². The summed E-state index contributed by atoms with van der Waals surface area (Å²) in [5, 5.41) is 0. The van der Waals surface area contributed by atoms with Crippen molar-refractivity contribution in [1.82, 2.24) is 0 Å². The number of carbonyl (C=O) groups is 2. The van der Waals surface area contributed by atoms with Crippen molar-refractivity contribution < 1.29 is 19.1 Å². The molecule has 0 heterocycles. The van der Waals surface area contributed by atoms with E-state index in [-0.39, 0.29) is 24.1 Å². The van der Waals surface area contributed by atoms with E-state index in [0.717, 1.165) is 30.4 Å². The summed E-state index contributed by atoms with van der Waals surface area (Å²) in [6.45, 7) is 0. The predicted octanol–water partition coefficient (Wildman–Crippen LogP) is 4.26. The smallest absolute Gasteiger partial charge is 0.306 e. The lowest BCUT2D eigenvalue weighted by atomic mass is 10.1. The molecule has 1 saturated carbocycles. The maximum Gasteiger partial charge on any atom is 0.306 e. The van der Waals surface area contributed by atoms with Gasteiger partial charge in [-0.3, -0.25) is 9.59 Å². The molecule has 1 aliphatic carbocycles. The van der Waals surface area contributed by atoms with Crippen molar-refractivity contribution in [2.75, 3.05) is 0 Å². The van der Waals surface area contributed by atoms with Crippen LogP contribution in [0.2, 0.25) is 0 Å². The summed E-state index contributed by atoms with van der Waals surface area (Å²) in [6.07, 6.45) is 3.81. The molecular formula is C23H26O4. The number of benzene rings is 2. The number of carbonyl (C=O) groups excluding carboxylic acids is 2. The molecule has 0 bridgehead atoms. The first kappa shape index (κ1) is 19.2. The average molecular weight is 366 g/mol. The number of esters is 2. The van der Waals surface area contributed by atoms with Gasteiger partial charge in [-0.25, -0.2) is 0 Å². The van der Waals surface area contributed by atoms with Crippen molar-refractivity contribution in [3.8, 4) is 0 Å². The number of aryl methyl sites for hydroxylation is 2. The lowest BCUT2D eigenvalue weighted by molar-refractivity contribution is -0.165. The Kier molecular flexibility index (Phi) is 7.03. The van der Waals surface area contributed by atoms with Crippen molar-refractivity contribution in [2.24, 2.45) is 0 Å². The van der Waals surface area contributed by atoms with Gasteiger partial charge in [-0.2, -0.15) is 0 Å². The van der Waals surface area contributed by atoms with Gasteiger partial charge in [0.2, 0.25) is 0 Å². The third-order valence-electron chi connectivity index (χ3n) is 4.88. The summed E-state index contributed by atoms with van der Waals surface area (Å²) in [7, 11) is 0. The molecule has 0 saturated heterocycles. The van der Waals surface area contributed by atoms with Crippen molar-refractivity contribution in [3.63, 3.8) is 0 Å². The Hall–Kier alpha value is -2.62. The van der Waals surface area contributed by atoms with Crippen molar-refractivity contribution in [2.45, 2.75) is 57.2 Å². The third-order valence-corrected chi connectivity index (χ3v) is 4.88. The number of hydrogen-bond acceptors (Lipinski definition) is 4. The molecule has 0 aliphatic heterocycles. The molecule has 1 fully saturated rings. The normalized spacial score (nSPS) is 18.8. The zero-order valence-corrected chi connectivity index (χ0v) is 15.5. The minimum atomic E-state index is -0.311. The number of ether oxygens (including phenoxy) is 2. The van der Waals surface area contributed by atoms with E-state index in [2.05, 4.69) is 0 Å². The van der Waals surface area contributed by atoms with Crippen LogP contribution in [0.4, 0.5) is 0 Å². The van der Waals surface area contributed by atoms with Gasteiger partial charge in [0.1, 0.15) is 12.2 Å². The maximum absolute atomic E-state index is 12.2. The molecule has 142 valence electrons. The Balaban J connectivity index is 1.41. The highest BCUT2D eigenvalue weighted by atomic mass is 16.6. The van der Waals surface area contributed by atoms with Crippen LogP contribution in [0.3, 0.4) is 0 Å². The molecule has 27 heavy (non-hydrogen) atoms. The van der Waals surface area contributed by atoms with Crippen LogP contribution in [-0.2, 0) is 31.9 Å². The van der Waals surface area contributed by atoms with Gasteiger partial charge in [-0.15, -0.1) is 0 Å². The molecule has 4 heteroatoms. The van der Waals surface area contributed by atoms with Crippen molar-refractivity contribution in [1.29, 1.82) is 0 Å². The van der Waals surface area contributed by atoms with Gasteiger partial charge >= 0.3 is 11.9 Å².